The van der Waals surface area contributed by atoms with Crippen LogP contribution >= 0.6 is 0 Å². The Labute approximate surface area is 69.3 Å². The van der Waals surface area contributed by atoms with Crippen LogP contribution in [0.15, 0.2) is 37.0 Å². The number of hydrogen-bond donors (Lipinski definition) is 0. The molecule has 0 heterocycles. The van der Waals surface area contributed by atoms with Gasteiger partial charge in [0.2, 0.25) is 0 Å². The first kappa shape index (κ1) is 8.32. The van der Waals surface area contributed by atoms with Crippen LogP contribution in [0, 0.1) is 11.8 Å². The second kappa shape index (κ2) is 4.17. The van der Waals surface area contributed by atoms with Crippen LogP contribution in [0.3, 0.4) is 0 Å². The Balaban J connectivity index is 2.49. The summed E-state index contributed by atoms with van der Waals surface area (Å²) < 4.78 is 0. The van der Waals surface area contributed by atoms with Gasteiger partial charge < -0.3 is 0 Å². The number of hydrogen-bond acceptors (Lipinski definition) is 0. The van der Waals surface area contributed by atoms with Gasteiger partial charge in [-0.25, -0.2) is 0 Å². The minimum absolute atomic E-state index is 0.618. The monoisotopic (exact) mass is 148 g/mol. The van der Waals surface area contributed by atoms with E-state index in [-0.39, 0.29) is 0 Å². The fourth-order valence-corrected chi connectivity index (χ4v) is 1.45. The van der Waals surface area contributed by atoms with Crippen molar-refractivity contribution in [2.75, 3.05) is 0 Å². The zero-order chi connectivity index (χ0) is 8.10. The summed E-state index contributed by atoms with van der Waals surface area (Å²) in [5.74, 6) is 1.27. The lowest BCUT2D eigenvalue weighted by molar-refractivity contribution is 0.603. The summed E-state index contributed by atoms with van der Waals surface area (Å²) in [7, 11) is 0. The maximum absolute atomic E-state index is 3.83. The van der Waals surface area contributed by atoms with Gasteiger partial charge in [0, 0.05) is 5.92 Å². The molecule has 1 aliphatic carbocycles. The largest absolute Gasteiger partial charge is 0.103 e. The summed E-state index contributed by atoms with van der Waals surface area (Å²) in [5, 5.41) is 0. The molecule has 1 aliphatic rings. The van der Waals surface area contributed by atoms with E-state index in [0.29, 0.717) is 11.8 Å². The van der Waals surface area contributed by atoms with E-state index in [2.05, 4.69) is 43.9 Å². The second-order valence-electron chi connectivity index (χ2n) is 2.98. The van der Waals surface area contributed by atoms with Gasteiger partial charge in [0.1, 0.15) is 0 Å². The van der Waals surface area contributed by atoms with Crippen molar-refractivity contribution in [3.05, 3.63) is 37.0 Å². The van der Waals surface area contributed by atoms with E-state index in [1.54, 1.807) is 0 Å². The molecule has 2 atom stereocenters. The molecule has 0 saturated carbocycles. The van der Waals surface area contributed by atoms with E-state index < -0.39 is 0 Å². The van der Waals surface area contributed by atoms with Crippen LogP contribution < -0.4 is 0 Å². The van der Waals surface area contributed by atoms with Crippen molar-refractivity contribution >= 4 is 0 Å². The first-order valence-corrected chi connectivity index (χ1v) is 4.34. The van der Waals surface area contributed by atoms with Crippen LogP contribution in [0.5, 0.6) is 0 Å². The lowest BCUT2D eigenvalue weighted by Crippen LogP contribution is -2.00. The lowest BCUT2D eigenvalue weighted by atomic mass is 9.95. The van der Waals surface area contributed by atoms with Crippen molar-refractivity contribution in [3.63, 3.8) is 0 Å². The standard InChI is InChI=1S/C11H16/c1-3-5-7-11-9-6-8-10(11)4-2/h4-7,9-11H,2-3,8H2,1H3/b7-5-/t10-,11-/m0/s1. The quantitative estimate of drug-likeness (QED) is 0.538. The first-order chi connectivity index (χ1) is 5.38. The van der Waals surface area contributed by atoms with Crippen molar-refractivity contribution in [1.82, 2.24) is 0 Å². The summed E-state index contributed by atoms with van der Waals surface area (Å²) in [4.78, 5) is 0. The Bertz CT molecular complexity index is 174. The van der Waals surface area contributed by atoms with E-state index in [9.17, 15) is 0 Å². The Morgan fingerprint density at radius 3 is 3.09 bits per heavy atom. The van der Waals surface area contributed by atoms with Crippen molar-refractivity contribution in [2.45, 2.75) is 19.8 Å². The van der Waals surface area contributed by atoms with Crippen molar-refractivity contribution in [3.8, 4) is 0 Å². The lowest BCUT2D eigenvalue weighted by Gasteiger charge is -2.09. The van der Waals surface area contributed by atoms with Gasteiger partial charge in [0.05, 0.1) is 0 Å². The Morgan fingerprint density at radius 1 is 1.64 bits per heavy atom. The van der Waals surface area contributed by atoms with E-state index in [0.717, 1.165) is 6.42 Å². The van der Waals surface area contributed by atoms with Crippen molar-refractivity contribution in [1.29, 1.82) is 0 Å². The molecule has 0 aromatic rings. The molecule has 0 spiro atoms. The molecule has 0 aliphatic heterocycles. The minimum atomic E-state index is 0.618. The van der Waals surface area contributed by atoms with E-state index in [1.165, 1.54) is 6.42 Å². The molecular formula is C11H16. The maximum Gasteiger partial charge on any atom is 0.00122 e. The number of allylic oxidation sites excluding steroid dienone is 5. The van der Waals surface area contributed by atoms with Gasteiger partial charge in [-0.15, -0.1) is 6.58 Å². The van der Waals surface area contributed by atoms with Crippen molar-refractivity contribution in [2.24, 2.45) is 11.8 Å². The van der Waals surface area contributed by atoms with Gasteiger partial charge in [0.25, 0.3) is 0 Å². The van der Waals surface area contributed by atoms with Gasteiger partial charge in [-0.2, -0.15) is 0 Å². The molecular weight excluding hydrogens is 132 g/mol. The molecule has 0 radical (unpaired) electrons. The molecule has 0 fully saturated rings. The molecule has 0 aromatic heterocycles. The molecule has 0 unspecified atom stereocenters. The van der Waals surface area contributed by atoms with Crippen LogP contribution in [0.4, 0.5) is 0 Å². The molecule has 1 rings (SSSR count). The highest BCUT2D eigenvalue weighted by Crippen LogP contribution is 2.26. The molecule has 0 heteroatoms. The van der Waals surface area contributed by atoms with Gasteiger partial charge in [-0.1, -0.05) is 37.3 Å². The fraction of sp³-hybridized carbons (Fsp3) is 0.455. The summed E-state index contributed by atoms with van der Waals surface area (Å²) in [6, 6.07) is 0. The second-order valence-corrected chi connectivity index (χ2v) is 2.98. The van der Waals surface area contributed by atoms with Crippen LogP contribution in [0.25, 0.3) is 0 Å². The molecule has 60 valence electrons. The van der Waals surface area contributed by atoms with Gasteiger partial charge >= 0.3 is 0 Å². The summed E-state index contributed by atoms with van der Waals surface area (Å²) >= 11 is 0. The minimum Gasteiger partial charge on any atom is -0.103 e. The number of rotatable bonds is 3. The highest BCUT2D eigenvalue weighted by Gasteiger charge is 2.15. The first-order valence-electron chi connectivity index (χ1n) is 4.34. The maximum atomic E-state index is 3.83. The van der Waals surface area contributed by atoms with Crippen molar-refractivity contribution < 1.29 is 0 Å². The topological polar surface area (TPSA) is 0 Å². The highest BCUT2D eigenvalue weighted by atomic mass is 14.2. The molecule has 0 nitrogen and oxygen atoms in total. The fourth-order valence-electron chi connectivity index (χ4n) is 1.45. The van der Waals surface area contributed by atoms with Gasteiger partial charge in [-0.3, -0.25) is 0 Å². The third-order valence-electron chi connectivity index (χ3n) is 2.16. The Hall–Kier alpha value is -0.780. The molecule has 0 amide bonds. The zero-order valence-corrected chi connectivity index (χ0v) is 7.16. The highest BCUT2D eigenvalue weighted by molar-refractivity contribution is 5.13. The van der Waals surface area contributed by atoms with Crippen LogP contribution in [-0.2, 0) is 0 Å². The van der Waals surface area contributed by atoms with E-state index in [4.69, 9.17) is 0 Å². The molecule has 0 saturated heterocycles. The van der Waals surface area contributed by atoms with Gasteiger partial charge in [-0.05, 0) is 18.8 Å². The predicted molar refractivity (Wildman–Crippen MR) is 50.4 cm³/mol. The van der Waals surface area contributed by atoms with Gasteiger partial charge in [0.15, 0.2) is 0 Å². The average Bonchev–Trinajstić information content (AvgIpc) is 2.47. The van der Waals surface area contributed by atoms with Crippen LogP contribution in [0.2, 0.25) is 0 Å². The smallest absolute Gasteiger partial charge is 0.00122 e. The summed E-state index contributed by atoms with van der Waals surface area (Å²) in [6.07, 6.45) is 13.4. The summed E-state index contributed by atoms with van der Waals surface area (Å²) in [5.41, 5.74) is 0. The summed E-state index contributed by atoms with van der Waals surface area (Å²) in [6.45, 7) is 5.99. The zero-order valence-electron chi connectivity index (χ0n) is 7.16. The molecule has 11 heavy (non-hydrogen) atoms. The molecule has 0 bridgehead atoms. The predicted octanol–water partition coefficient (Wildman–Crippen LogP) is 3.33. The normalized spacial score (nSPS) is 29.9. The SMILES string of the molecule is C=C[C@H]1CC=C[C@@H]1/C=C\CC. The van der Waals surface area contributed by atoms with E-state index >= 15 is 0 Å². The Morgan fingerprint density at radius 2 is 2.45 bits per heavy atom. The third-order valence-corrected chi connectivity index (χ3v) is 2.16. The van der Waals surface area contributed by atoms with Crippen LogP contribution in [-0.4, -0.2) is 0 Å². The third kappa shape index (κ3) is 2.07. The Kier molecular flexibility index (Phi) is 3.15. The van der Waals surface area contributed by atoms with Crippen LogP contribution in [0.1, 0.15) is 19.8 Å². The average molecular weight is 148 g/mol. The molecule has 0 aromatic carbocycles. The molecule has 0 N–H and O–H groups in total. The van der Waals surface area contributed by atoms with E-state index in [1.807, 2.05) is 0 Å².